The maximum Gasteiger partial charge on any atom is 0.255 e. The maximum atomic E-state index is 12.3. The molecule has 2 amide bonds. The normalized spacial score (nSPS) is 17.5. The van der Waals surface area contributed by atoms with Gasteiger partial charge in [-0.1, -0.05) is 0 Å². The van der Waals surface area contributed by atoms with E-state index in [9.17, 15) is 9.59 Å². The Morgan fingerprint density at radius 2 is 2.00 bits per heavy atom. The zero-order chi connectivity index (χ0) is 19.8. The molecule has 1 fully saturated rings. The second-order valence-corrected chi connectivity index (χ2v) is 6.73. The van der Waals surface area contributed by atoms with Gasteiger partial charge in [-0.2, -0.15) is 0 Å². The van der Waals surface area contributed by atoms with Crippen LogP contribution in [0.25, 0.3) is 0 Å². The van der Waals surface area contributed by atoms with Crippen molar-refractivity contribution in [3.05, 3.63) is 54.4 Å². The molecule has 1 aliphatic heterocycles. The largest absolute Gasteiger partial charge is 0.376 e. The molecule has 1 aliphatic rings. The number of benzene rings is 1. The average Bonchev–Trinajstić information content (AvgIpc) is 2.74. The summed E-state index contributed by atoms with van der Waals surface area (Å²) in [6.07, 6.45) is 5.89. The first-order valence-electron chi connectivity index (χ1n) is 9.47. The number of rotatable bonds is 7. The predicted octanol–water partition coefficient (Wildman–Crippen LogP) is 3.25. The van der Waals surface area contributed by atoms with Gasteiger partial charge >= 0.3 is 0 Å². The van der Waals surface area contributed by atoms with Crippen LogP contribution in [-0.2, 0) is 14.3 Å². The Bertz CT molecular complexity index is 774. The molecule has 3 rings (SSSR count). The van der Waals surface area contributed by atoms with E-state index in [1.165, 1.54) is 0 Å². The third kappa shape index (κ3) is 5.87. The van der Waals surface area contributed by atoms with Crippen LogP contribution < -0.4 is 10.6 Å². The number of ether oxygens (including phenoxy) is 2. The molecule has 0 radical (unpaired) electrons. The van der Waals surface area contributed by atoms with E-state index in [2.05, 4.69) is 15.6 Å². The number of carbonyl (C=O) groups is 2. The Kier molecular flexibility index (Phi) is 7.11. The van der Waals surface area contributed by atoms with Gasteiger partial charge < -0.3 is 20.1 Å². The first-order valence-corrected chi connectivity index (χ1v) is 9.47. The van der Waals surface area contributed by atoms with Gasteiger partial charge in [-0.05, 0) is 62.6 Å². The summed E-state index contributed by atoms with van der Waals surface area (Å²) in [4.78, 5) is 28.5. The summed E-state index contributed by atoms with van der Waals surface area (Å²) in [7, 11) is 0. The number of carbonyl (C=O) groups excluding carboxylic acids is 2. The molecule has 7 heteroatoms. The van der Waals surface area contributed by atoms with Crippen molar-refractivity contribution in [2.75, 3.05) is 23.8 Å². The van der Waals surface area contributed by atoms with Gasteiger partial charge in [0.25, 0.3) is 11.8 Å². The van der Waals surface area contributed by atoms with Crippen LogP contribution in [0.2, 0.25) is 0 Å². The minimum absolute atomic E-state index is 0.0709. The highest BCUT2D eigenvalue weighted by Gasteiger charge is 2.19. The molecule has 1 aromatic carbocycles. The quantitative estimate of drug-likeness (QED) is 0.766. The molecule has 1 saturated heterocycles. The van der Waals surface area contributed by atoms with E-state index < -0.39 is 6.10 Å². The summed E-state index contributed by atoms with van der Waals surface area (Å²) in [5.74, 6) is -0.474. The number of aromatic nitrogens is 1. The molecular formula is C21H25N3O4. The zero-order valence-corrected chi connectivity index (χ0v) is 15.9. The number of nitrogens with zero attached hydrogens (tertiary/aromatic N) is 1. The van der Waals surface area contributed by atoms with Crippen molar-refractivity contribution in [1.82, 2.24) is 4.98 Å². The fourth-order valence-corrected chi connectivity index (χ4v) is 2.85. The van der Waals surface area contributed by atoms with Gasteiger partial charge in [-0.3, -0.25) is 14.6 Å². The Labute approximate surface area is 164 Å². The van der Waals surface area contributed by atoms with Gasteiger partial charge in [0, 0.05) is 24.1 Å². The summed E-state index contributed by atoms with van der Waals surface area (Å²) in [6.45, 7) is 2.89. The minimum Gasteiger partial charge on any atom is -0.376 e. The molecule has 0 spiro atoms. The smallest absolute Gasteiger partial charge is 0.255 e. The van der Waals surface area contributed by atoms with Crippen LogP contribution in [0.5, 0.6) is 0 Å². The maximum absolute atomic E-state index is 12.3. The van der Waals surface area contributed by atoms with Crippen LogP contribution in [0.4, 0.5) is 11.4 Å². The molecule has 0 aliphatic carbocycles. The summed E-state index contributed by atoms with van der Waals surface area (Å²) < 4.78 is 11.2. The van der Waals surface area contributed by atoms with Crippen LogP contribution in [0.1, 0.15) is 36.5 Å². The van der Waals surface area contributed by atoms with Crippen LogP contribution >= 0.6 is 0 Å². The van der Waals surface area contributed by atoms with Crippen molar-refractivity contribution in [2.45, 2.75) is 38.4 Å². The monoisotopic (exact) mass is 383 g/mol. The van der Waals surface area contributed by atoms with Gasteiger partial charge in [0.15, 0.2) is 0 Å². The minimum atomic E-state index is -0.584. The van der Waals surface area contributed by atoms with E-state index in [1.807, 2.05) is 0 Å². The molecule has 2 N–H and O–H groups in total. The van der Waals surface area contributed by atoms with Gasteiger partial charge in [0.1, 0.15) is 6.10 Å². The first kappa shape index (κ1) is 20.0. The van der Waals surface area contributed by atoms with Crippen LogP contribution in [0.3, 0.4) is 0 Å². The Hall–Kier alpha value is -2.77. The Morgan fingerprint density at radius 1 is 1.18 bits per heavy atom. The lowest BCUT2D eigenvalue weighted by Crippen LogP contribution is -2.32. The lowest BCUT2D eigenvalue weighted by Gasteiger charge is -2.23. The van der Waals surface area contributed by atoms with Crippen LogP contribution in [-0.4, -0.2) is 42.2 Å². The van der Waals surface area contributed by atoms with Gasteiger partial charge in [0.2, 0.25) is 0 Å². The van der Waals surface area contributed by atoms with E-state index in [0.29, 0.717) is 23.5 Å². The molecule has 2 aromatic rings. The molecule has 0 bridgehead atoms. The SMILES string of the molecule is CC(OCC1CCCCO1)C(=O)Nc1ccc(C(=O)Nc2cccnc2)cc1. The van der Waals surface area contributed by atoms with Crippen molar-refractivity contribution >= 4 is 23.2 Å². The second kappa shape index (κ2) is 9.96. The van der Waals surface area contributed by atoms with E-state index in [1.54, 1.807) is 55.7 Å². The number of amides is 2. The molecule has 148 valence electrons. The fraction of sp³-hybridized carbons (Fsp3) is 0.381. The summed E-state index contributed by atoms with van der Waals surface area (Å²) in [5, 5.41) is 5.56. The molecule has 1 aromatic heterocycles. The number of pyridine rings is 1. The molecule has 28 heavy (non-hydrogen) atoms. The molecule has 2 unspecified atom stereocenters. The number of nitrogens with one attached hydrogen (secondary N) is 2. The molecule has 2 atom stereocenters. The highest BCUT2D eigenvalue weighted by Crippen LogP contribution is 2.15. The second-order valence-electron chi connectivity index (χ2n) is 6.73. The summed E-state index contributed by atoms with van der Waals surface area (Å²) in [6, 6.07) is 10.2. The van der Waals surface area contributed by atoms with Crippen molar-refractivity contribution in [2.24, 2.45) is 0 Å². The van der Waals surface area contributed by atoms with Crippen molar-refractivity contribution in [1.29, 1.82) is 0 Å². The lowest BCUT2D eigenvalue weighted by molar-refractivity contribution is -0.130. The third-order valence-corrected chi connectivity index (χ3v) is 4.51. The van der Waals surface area contributed by atoms with Gasteiger partial charge in [-0.25, -0.2) is 0 Å². The van der Waals surface area contributed by atoms with Crippen LogP contribution in [0.15, 0.2) is 48.8 Å². The number of hydrogen-bond acceptors (Lipinski definition) is 5. The predicted molar refractivity (Wildman–Crippen MR) is 106 cm³/mol. The first-order chi connectivity index (χ1) is 13.6. The third-order valence-electron chi connectivity index (χ3n) is 4.51. The van der Waals surface area contributed by atoms with E-state index in [-0.39, 0.29) is 17.9 Å². The number of hydrogen-bond donors (Lipinski definition) is 2. The Balaban J connectivity index is 1.47. The standard InChI is InChI=1S/C21H25N3O4/c1-15(28-14-19-6-2-3-12-27-19)20(25)23-17-9-7-16(8-10-17)21(26)24-18-5-4-11-22-13-18/h4-5,7-11,13,15,19H,2-3,6,12,14H2,1H3,(H,23,25)(H,24,26). The zero-order valence-electron chi connectivity index (χ0n) is 15.9. The topological polar surface area (TPSA) is 89.5 Å². The highest BCUT2D eigenvalue weighted by molar-refractivity contribution is 6.04. The molecule has 0 saturated carbocycles. The molecule has 7 nitrogen and oxygen atoms in total. The van der Waals surface area contributed by atoms with E-state index in [4.69, 9.17) is 9.47 Å². The molecule has 2 heterocycles. The highest BCUT2D eigenvalue weighted by atomic mass is 16.5. The fourth-order valence-electron chi connectivity index (χ4n) is 2.85. The summed E-state index contributed by atoms with van der Waals surface area (Å²) >= 11 is 0. The molecular weight excluding hydrogens is 358 g/mol. The van der Waals surface area contributed by atoms with Crippen molar-refractivity contribution in [3.63, 3.8) is 0 Å². The van der Waals surface area contributed by atoms with Gasteiger partial charge in [0.05, 0.1) is 24.6 Å². The summed E-state index contributed by atoms with van der Waals surface area (Å²) in [5.41, 5.74) is 1.71. The van der Waals surface area contributed by atoms with Crippen molar-refractivity contribution < 1.29 is 19.1 Å². The number of anilines is 2. The van der Waals surface area contributed by atoms with Gasteiger partial charge in [-0.15, -0.1) is 0 Å². The van der Waals surface area contributed by atoms with Crippen molar-refractivity contribution in [3.8, 4) is 0 Å². The van der Waals surface area contributed by atoms with Crippen LogP contribution in [0, 0.1) is 0 Å². The van der Waals surface area contributed by atoms with E-state index >= 15 is 0 Å². The Morgan fingerprint density at radius 3 is 2.68 bits per heavy atom. The van der Waals surface area contributed by atoms with E-state index in [0.717, 1.165) is 25.9 Å². The lowest BCUT2D eigenvalue weighted by atomic mass is 10.1. The average molecular weight is 383 g/mol.